The van der Waals surface area contributed by atoms with Crippen LogP contribution in [0.4, 0.5) is 0 Å². The molecule has 1 aliphatic carbocycles. The third-order valence-electron chi connectivity index (χ3n) is 4.38. The fourth-order valence-electron chi connectivity index (χ4n) is 3.02. The Morgan fingerprint density at radius 2 is 2.30 bits per heavy atom. The number of nitrogens with one attached hydrogen (secondary N) is 1. The van der Waals surface area contributed by atoms with Crippen LogP contribution in [0.1, 0.15) is 42.8 Å². The Bertz CT molecular complexity index is 469. The summed E-state index contributed by atoms with van der Waals surface area (Å²) < 4.78 is 0. The Labute approximate surface area is 124 Å². The molecule has 1 aromatic heterocycles. The molecule has 3 rings (SSSR count). The Morgan fingerprint density at radius 3 is 2.95 bits per heavy atom. The number of likely N-dealkylation sites (tertiary alicyclic amines) is 1. The molecule has 1 aliphatic heterocycles. The van der Waals surface area contributed by atoms with Gasteiger partial charge in [-0.25, -0.2) is 4.98 Å². The van der Waals surface area contributed by atoms with Crippen molar-refractivity contribution in [2.45, 2.75) is 51.6 Å². The fourth-order valence-corrected chi connectivity index (χ4v) is 3.62. The van der Waals surface area contributed by atoms with E-state index in [1.807, 2.05) is 6.92 Å². The molecule has 110 valence electrons. The van der Waals surface area contributed by atoms with E-state index >= 15 is 0 Å². The highest BCUT2D eigenvalue weighted by molar-refractivity contribution is 7.09. The van der Waals surface area contributed by atoms with Gasteiger partial charge in [0.25, 0.3) is 0 Å². The van der Waals surface area contributed by atoms with Crippen molar-refractivity contribution in [2.24, 2.45) is 5.92 Å². The van der Waals surface area contributed by atoms with Gasteiger partial charge in [-0.05, 0) is 39.2 Å². The topological polar surface area (TPSA) is 45.2 Å². The van der Waals surface area contributed by atoms with Crippen LogP contribution in [-0.4, -0.2) is 34.9 Å². The summed E-state index contributed by atoms with van der Waals surface area (Å²) in [6.07, 6.45) is 5.67. The lowest BCUT2D eigenvalue weighted by Crippen LogP contribution is -2.49. The first kappa shape index (κ1) is 14.0. The zero-order valence-electron chi connectivity index (χ0n) is 12.1. The second-order valence-corrected chi connectivity index (χ2v) is 7.13. The van der Waals surface area contributed by atoms with Gasteiger partial charge in [-0.15, -0.1) is 11.3 Å². The minimum atomic E-state index is 0.285. The molecule has 1 atom stereocenters. The van der Waals surface area contributed by atoms with Crippen molar-refractivity contribution in [3.05, 3.63) is 16.1 Å². The molecule has 2 fully saturated rings. The molecule has 0 radical (unpaired) electrons. The van der Waals surface area contributed by atoms with Crippen molar-refractivity contribution in [3.8, 4) is 0 Å². The van der Waals surface area contributed by atoms with E-state index in [0.29, 0.717) is 12.0 Å². The van der Waals surface area contributed by atoms with Crippen LogP contribution in [0, 0.1) is 12.8 Å². The lowest BCUT2D eigenvalue weighted by atomic mass is 9.84. The summed E-state index contributed by atoms with van der Waals surface area (Å²) in [7, 11) is 0. The van der Waals surface area contributed by atoms with E-state index in [1.54, 1.807) is 11.3 Å². The van der Waals surface area contributed by atoms with E-state index in [1.165, 1.54) is 18.5 Å². The Balaban J connectivity index is 1.49. The van der Waals surface area contributed by atoms with E-state index in [4.69, 9.17) is 0 Å². The van der Waals surface area contributed by atoms with Gasteiger partial charge < -0.3 is 5.32 Å². The maximum atomic E-state index is 12.0. The Morgan fingerprint density at radius 1 is 1.45 bits per heavy atom. The number of thiazole rings is 1. The lowest BCUT2D eigenvalue weighted by molar-refractivity contribution is -0.128. The fraction of sp³-hybridized carbons (Fsp3) is 0.733. The van der Waals surface area contributed by atoms with E-state index in [9.17, 15) is 4.79 Å². The van der Waals surface area contributed by atoms with Crippen LogP contribution in [0.5, 0.6) is 0 Å². The molecule has 1 saturated heterocycles. The molecule has 0 bridgehead atoms. The highest BCUT2D eigenvalue weighted by Gasteiger charge is 2.28. The molecular weight excluding hydrogens is 270 g/mol. The molecule has 1 unspecified atom stereocenters. The van der Waals surface area contributed by atoms with Crippen LogP contribution >= 0.6 is 11.3 Å². The molecule has 1 amide bonds. The van der Waals surface area contributed by atoms with Crippen LogP contribution in [0.25, 0.3) is 0 Å². The highest BCUT2D eigenvalue weighted by atomic mass is 32.1. The summed E-state index contributed by atoms with van der Waals surface area (Å²) in [5.74, 6) is 0.583. The second kappa shape index (κ2) is 6.22. The van der Waals surface area contributed by atoms with E-state index in [0.717, 1.165) is 43.9 Å². The van der Waals surface area contributed by atoms with Crippen molar-refractivity contribution < 1.29 is 4.79 Å². The van der Waals surface area contributed by atoms with Crippen LogP contribution < -0.4 is 5.32 Å². The largest absolute Gasteiger partial charge is 0.352 e. The molecule has 20 heavy (non-hydrogen) atoms. The van der Waals surface area contributed by atoms with Crippen molar-refractivity contribution in [1.82, 2.24) is 15.2 Å². The zero-order valence-corrected chi connectivity index (χ0v) is 12.9. The average molecular weight is 293 g/mol. The summed E-state index contributed by atoms with van der Waals surface area (Å²) in [5.41, 5.74) is 1.17. The number of carbonyl (C=O) groups excluding carboxylic acids is 1. The third-order valence-corrected chi connectivity index (χ3v) is 5.20. The maximum Gasteiger partial charge on any atom is 0.223 e. The van der Waals surface area contributed by atoms with E-state index in [2.05, 4.69) is 20.6 Å². The van der Waals surface area contributed by atoms with Gasteiger partial charge in [-0.1, -0.05) is 6.42 Å². The number of piperidine rings is 1. The minimum absolute atomic E-state index is 0.285. The first-order chi connectivity index (χ1) is 9.70. The van der Waals surface area contributed by atoms with Crippen LogP contribution in [-0.2, 0) is 11.3 Å². The summed E-state index contributed by atoms with van der Waals surface area (Å²) >= 11 is 1.71. The van der Waals surface area contributed by atoms with Gasteiger partial charge in [0, 0.05) is 30.4 Å². The number of rotatable bonds is 4. The van der Waals surface area contributed by atoms with Crippen LogP contribution in [0.15, 0.2) is 5.38 Å². The first-order valence-electron chi connectivity index (χ1n) is 7.64. The minimum Gasteiger partial charge on any atom is -0.352 e. The molecule has 1 aromatic rings. The Kier molecular flexibility index (Phi) is 4.36. The monoisotopic (exact) mass is 293 g/mol. The number of carbonyl (C=O) groups is 1. The zero-order chi connectivity index (χ0) is 13.9. The molecule has 1 N–H and O–H groups in total. The van der Waals surface area contributed by atoms with Crippen molar-refractivity contribution in [3.63, 3.8) is 0 Å². The summed E-state index contributed by atoms with van der Waals surface area (Å²) in [4.78, 5) is 19.0. The number of amides is 1. The van der Waals surface area contributed by atoms with Gasteiger partial charge >= 0.3 is 0 Å². The summed E-state index contributed by atoms with van der Waals surface area (Å²) in [5, 5.41) is 6.52. The highest BCUT2D eigenvalue weighted by Crippen LogP contribution is 2.26. The first-order valence-corrected chi connectivity index (χ1v) is 8.52. The molecule has 4 nitrogen and oxygen atoms in total. The smallest absolute Gasteiger partial charge is 0.223 e. The predicted molar refractivity (Wildman–Crippen MR) is 80.6 cm³/mol. The number of hydrogen-bond acceptors (Lipinski definition) is 4. The summed E-state index contributed by atoms with van der Waals surface area (Å²) in [6, 6.07) is 0.330. The van der Waals surface area contributed by atoms with Gasteiger partial charge in [0.05, 0.1) is 10.7 Å². The SMILES string of the molecule is Cc1nc(CN2CCCC(NC(=O)C3CCC3)C2)cs1. The van der Waals surface area contributed by atoms with Gasteiger partial charge in [0.1, 0.15) is 0 Å². The normalized spacial score (nSPS) is 24.4. The number of aryl methyl sites for hydroxylation is 1. The van der Waals surface area contributed by atoms with Gasteiger partial charge in [-0.2, -0.15) is 0 Å². The molecular formula is C15H23N3OS. The number of nitrogens with zero attached hydrogens (tertiary/aromatic N) is 2. The van der Waals surface area contributed by atoms with Gasteiger partial charge in [0.15, 0.2) is 0 Å². The van der Waals surface area contributed by atoms with Crippen LogP contribution in [0.2, 0.25) is 0 Å². The average Bonchev–Trinajstić information content (AvgIpc) is 2.72. The molecule has 0 spiro atoms. The molecule has 5 heteroatoms. The molecule has 2 aliphatic rings. The van der Waals surface area contributed by atoms with E-state index < -0.39 is 0 Å². The van der Waals surface area contributed by atoms with E-state index in [-0.39, 0.29) is 5.91 Å². The molecule has 1 saturated carbocycles. The molecule has 2 heterocycles. The number of hydrogen-bond donors (Lipinski definition) is 1. The predicted octanol–water partition coefficient (Wildman–Crippen LogP) is 2.33. The van der Waals surface area contributed by atoms with Gasteiger partial charge in [-0.3, -0.25) is 9.69 Å². The second-order valence-electron chi connectivity index (χ2n) is 6.07. The van der Waals surface area contributed by atoms with Crippen molar-refractivity contribution in [1.29, 1.82) is 0 Å². The lowest BCUT2D eigenvalue weighted by Gasteiger charge is -2.34. The quantitative estimate of drug-likeness (QED) is 0.927. The van der Waals surface area contributed by atoms with Crippen molar-refractivity contribution in [2.75, 3.05) is 13.1 Å². The van der Waals surface area contributed by atoms with Gasteiger partial charge in [0.2, 0.25) is 5.91 Å². The summed E-state index contributed by atoms with van der Waals surface area (Å²) in [6.45, 7) is 5.05. The standard InChI is InChI=1S/C15H23N3OS/c1-11-16-14(10-20-11)9-18-7-3-6-13(8-18)17-15(19)12-4-2-5-12/h10,12-13H,2-9H2,1H3,(H,17,19). The third kappa shape index (κ3) is 3.38. The van der Waals surface area contributed by atoms with Crippen LogP contribution in [0.3, 0.4) is 0 Å². The Hall–Kier alpha value is -0.940. The van der Waals surface area contributed by atoms with Crippen molar-refractivity contribution >= 4 is 17.2 Å². The molecule has 0 aromatic carbocycles. The number of aromatic nitrogens is 1. The maximum absolute atomic E-state index is 12.0.